The van der Waals surface area contributed by atoms with Crippen LogP contribution in [-0.4, -0.2) is 27.6 Å². The Hall–Kier alpha value is -3.84. The van der Waals surface area contributed by atoms with E-state index in [0.29, 0.717) is 18.4 Å². The molecule has 0 radical (unpaired) electrons. The van der Waals surface area contributed by atoms with Gasteiger partial charge in [0, 0.05) is 5.39 Å². The van der Waals surface area contributed by atoms with Crippen LogP contribution in [0.2, 0.25) is 0 Å². The van der Waals surface area contributed by atoms with Crippen LogP contribution in [0, 0.1) is 5.82 Å². The van der Waals surface area contributed by atoms with Gasteiger partial charge < -0.3 is 5.73 Å². The summed E-state index contributed by atoms with van der Waals surface area (Å²) in [6.07, 6.45) is 0.319. The van der Waals surface area contributed by atoms with E-state index in [2.05, 4.69) is 10.4 Å². The molecule has 2 amide bonds. The standard InChI is InChI=1S/C24H21FN4O2/c25-18-12-10-17(11-13-18)15-29-21-9-5-4-8-19(21)22(28-29)24(31)27-23(30)20(26)14-16-6-2-1-3-7-16/h1-13,20H,14-15,26H2,(H,27,30,31)/t20-/m0/s1. The first kappa shape index (κ1) is 20.4. The molecule has 0 aliphatic carbocycles. The summed E-state index contributed by atoms with van der Waals surface area (Å²) in [5, 5.41) is 7.40. The number of rotatable bonds is 6. The lowest BCUT2D eigenvalue weighted by Gasteiger charge is -2.11. The summed E-state index contributed by atoms with van der Waals surface area (Å²) >= 11 is 0. The maximum Gasteiger partial charge on any atom is 0.279 e. The molecule has 3 N–H and O–H groups in total. The molecule has 0 unspecified atom stereocenters. The molecule has 0 aliphatic heterocycles. The molecule has 6 nitrogen and oxygen atoms in total. The number of nitrogens with zero attached hydrogens (tertiary/aromatic N) is 2. The van der Waals surface area contributed by atoms with Crippen molar-refractivity contribution in [3.05, 3.63) is 102 Å². The Bertz CT molecular complexity index is 1220. The van der Waals surface area contributed by atoms with E-state index in [0.717, 1.165) is 16.6 Å². The minimum Gasteiger partial charge on any atom is -0.320 e. The van der Waals surface area contributed by atoms with Gasteiger partial charge in [-0.25, -0.2) is 4.39 Å². The molecule has 0 spiro atoms. The largest absolute Gasteiger partial charge is 0.320 e. The monoisotopic (exact) mass is 416 g/mol. The van der Waals surface area contributed by atoms with Crippen molar-refractivity contribution >= 4 is 22.7 Å². The van der Waals surface area contributed by atoms with Crippen molar-refractivity contribution < 1.29 is 14.0 Å². The van der Waals surface area contributed by atoms with Gasteiger partial charge in [0.1, 0.15) is 5.82 Å². The predicted molar refractivity (Wildman–Crippen MR) is 116 cm³/mol. The molecule has 1 aromatic heterocycles. The maximum atomic E-state index is 13.2. The van der Waals surface area contributed by atoms with Crippen molar-refractivity contribution in [2.45, 2.75) is 19.0 Å². The van der Waals surface area contributed by atoms with Crippen molar-refractivity contribution in [1.29, 1.82) is 0 Å². The number of aromatic nitrogens is 2. The van der Waals surface area contributed by atoms with Crippen molar-refractivity contribution in [3.8, 4) is 0 Å². The molecule has 4 rings (SSSR count). The number of nitrogens with two attached hydrogens (primary N) is 1. The fraction of sp³-hybridized carbons (Fsp3) is 0.125. The highest BCUT2D eigenvalue weighted by molar-refractivity contribution is 6.11. The molecule has 4 aromatic rings. The van der Waals surface area contributed by atoms with Gasteiger partial charge in [0.25, 0.3) is 5.91 Å². The first-order valence-corrected chi connectivity index (χ1v) is 9.86. The highest BCUT2D eigenvalue weighted by Gasteiger charge is 2.22. The number of halogens is 1. The fourth-order valence-electron chi connectivity index (χ4n) is 3.40. The van der Waals surface area contributed by atoms with E-state index in [4.69, 9.17) is 5.73 Å². The Labute approximate surface area is 178 Å². The number of carbonyl (C=O) groups excluding carboxylic acids is 2. The smallest absolute Gasteiger partial charge is 0.279 e. The number of benzene rings is 3. The Morgan fingerprint density at radius 1 is 0.935 bits per heavy atom. The van der Waals surface area contributed by atoms with Crippen LogP contribution in [0.25, 0.3) is 10.9 Å². The van der Waals surface area contributed by atoms with Crippen LogP contribution >= 0.6 is 0 Å². The van der Waals surface area contributed by atoms with Crippen LogP contribution in [0.1, 0.15) is 21.6 Å². The third kappa shape index (κ3) is 4.67. The topological polar surface area (TPSA) is 90.0 Å². The van der Waals surface area contributed by atoms with Gasteiger partial charge in [-0.05, 0) is 35.7 Å². The Morgan fingerprint density at radius 3 is 2.35 bits per heavy atom. The average Bonchev–Trinajstić information content (AvgIpc) is 3.14. The van der Waals surface area contributed by atoms with E-state index >= 15 is 0 Å². The summed E-state index contributed by atoms with van der Waals surface area (Å²) < 4.78 is 14.9. The van der Waals surface area contributed by atoms with E-state index < -0.39 is 17.9 Å². The summed E-state index contributed by atoms with van der Waals surface area (Å²) in [5.41, 5.74) is 8.60. The minimum atomic E-state index is -0.862. The van der Waals surface area contributed by atoms with Crippen molar-refractivity contribution in [2.24, 2.45) is 5.73 Å². The number of amides is 2. The SMILES string of the molecule is N[C@@H](Cc1ccccc1)C(=O)NC(=O)c1nn(Cc2ccc(F)cc2)c2ccccc12. The highest BCUT2D eigenvalue weighted by Crippen LogP contribution is 2.20. The van der Waals surface area contributed by atoms with Gasteiger partial charge in [-0.15, -0.1) is 0 Å². The lowest BCUT2D eigenvalue weighted by Crippen LogP contribution is -2.44. The van der Waals surface area contributed by atoms with Gasteiger partial charge in [-0.2, -0.15) is 5.10 Å². The number of hydrogen-bond acceptors (Lipinski definition) is 4. The van der Waals surface area contributed by atoms with Crippen LogP contribution in [-0.2, 0) is 17.8 Å². The summed E-state index contributed by atoms with van der Waals surface area (Å²) in [7, 11) is 0. The fourth-order valence-corrected chi connectivity index (χ4v) is 3.40. The van der Waals surface area contributed by atoms with Crippen LogP contribution in [0.5, 0.6) is 0 Å². The van der Waals surface area contributed by atoms with Gasteiger partial charge >= 0.3 is 0 Å². The van der Waals surface area contributed by atoms with Crippen molar-refractivity contribution in [2.75, 3.05) is 0 Å². The first-order chi connectivity index (χ1) is 15.0. The van der Waals surface area contributed by atoms with Gasteiger partial charge in [-0.1, -0.05) is 60.7 Å². The first-order valence-electron chi connectivity index (χ1n) is 9.86. The molecule has 0 aliphatic rings. The quantitative estimate of drug-likeness (QED) is 0.506. The molecule has 1 atom stereocenters. The van der Waals surface area contributed by atoms with Crippen molar-refractivity contribution in [3.63, 3.8) is 0 Å². The molecular weight excluding hydrogens is 395 g/mol. The van der Waals surface area contributed by atoms with E-state index in [1.807, 2.05) is 42.5 Å². The van der Waals surface area contributed by atoms with Gasteiger partial charge in [0.2, 0.25) is 5.91 Å². The number of para-hydroxylation sites is 1. The second-order valence-corrected chi connectivity index (χ2v) is 7.26. The molecule has 0 saturated carbocycles. The molecule has 0 bridgehead atoms. The number of nitrogens with one attached hydrogen (secondary N) is 1. The van der Waals surface area contributed by atoms with Crippen LogP contribution in [0.3, 0.4) is 0 Å². The van der Waals surface area contributed by atoms with E-state index in [9.17, 15) is 14.0 Å². The number of imide groups is 1. The lowest BCUT2D eigenvalue weighted by molar-refractivity contribution is -0.121. The predicted octanol–water partition coefficient (Wildman–Crippen LogP) is 3.05. The third-order valence-electron chi connectivity index (χ3n) is 4.99. The Morgan fingerprint density at radius 2 is 1.61 bits per heavy atom. The highest BCUT2D eigenvalue weighted by atomic mass is 19.1. The molecular formula is C24H21FN4O2. The number of carbonyl (C=O) groups is 2. The van der Waals surface area contributed by atoms with Gasteiger partial charge in [0.05, 0.1) is 18.1 Å². The molecule has 0 saturated heterocycles. The van der Waals surface area contributed by atoms with Crippen LogP contribution < -0.4 is 11.1 Å². The zero-order valence-electron chi connectivity index (χ0n) is 16.7. The van der Waals surface area contributed by atoms with Gasteiger partial charge in [0.15, 0.2) is 5.69 Å². The van der Waals surface area contributed by atoms with Crippen LogP contribution in [0.4, 0.5) is 4.39 Å². The molecule has 156 valence electrons. The molecule has 1 heterocycles. The summed E-state index contributed by atoms with van der Waals surface area (Å²) in [4.78, 5) is 25.3. The zero-order valence-corrected chi connectivity index (χ0v) is 16.7. The summed E-state index contributed by atoms with van der Waals surface area (Å²) in [5.74, 6) is -1.49. The molecule has 7 heteroatoms. The summed E-state index contributed by atoms with van der Waals surface area (Å²) in [6.45, 7) is 0.357. The molecule has 31 heavy (non-hydrogen) atoms. The number of fused-ring (bicyclic) bond motifs is 1. The Kier molecular flexibility index (Phi) is 5.86. The third-order valence-corrected chi connectivity index (χ3v) is 4.99. The van der Waals surface area contributed by atoms with Crippen molar-refractivity contribution in [1.82, 2.24) is 15.1 Å². The van der Waals surface area contributed by atoms with E-state index in [-0.39, 0.29) is 11.5 Å². The molecule has 3 aromatic carbocycles. The second-order valence-electron chi connectivity index (χ2n) is 7.26. The van der Waals surface area contributed by atoms with E-state index in [1.165, 1.54) is 12.1 Å². The normalized spacial score (nSPS) is 11.9. The second kappa shape index (κ2) is 8.89. The molecule has 0 fully saturated rings. The zero-order chi connectivity index (χ0) is 21.8. The minimum absolute atomic E-state index is 0.137. The average molecular weight is 416 g/mol. The maximum absolute atomic E-state index is 13.2. The number of hydrogen-bond donors (Lipinski definition) is 2. The summed E-state index contributed by atoms with van der Waals surface area (Å²) in [6, 6.07) is 21.8. The van der Waals surface area contributed by atoms with Gasteiger partial charge in [-0.3, -0.25) is 19.6 Å². The van der Waals surface area contributed by atoms with E-state index in [1.54, 1.807) is 28.9 Å². The lowest BCUT2D eigenvalue weighted by atomic mass is 10.1. The Balaban J connectivity index is 1.53. The van der Waals surface area contributed by atoms with Crippen LogP contribution in [0.15, 0.2) is 78.9 Å².